The monoisotopic (exact) mass is 392 g/mol. The molecule has 0 saturated heterocycles. The van der Waals surface area contributed by atoms with Crippen molar-refractivity contribution in [2.75, 3.05) is 0 Å². The Morgan fingerprint density at radius 3 is 2.04 bits per heavy atom. The van der Waals surface area contributed by atoms with E-state index in [-0.39, 0.29) is 32.7 Å². The summed E-state index contributed by atoms with van der Waals surface area (Å²) in [5, 5.41) is 34.5. The van der Waals surface area contributed by atoms with Crippen molar-refractivity contribution in [2.45, 2.75) is 13.8 Å². The van der Waals surface area contributed by atoms with E-state index in [1.54, 1.807) is 6.92 Å². The molecule has 0 radical (unpaired) electrons. The van der Waals surface area contributed by atoms with Crippen LogP contribution in [0.25, 0.3) is 0 Å². The van der Waals surface area contributed by atoms with Gasteiger partial charge >= 0.3 is 11.9 Å². The number of rotatable bonds is 2. The van der Waals surface area contributed by atoms with Crippen molar-refractivity contribution in [2.24, 2.45) is 0 Å². The van der Waals surface area contributed by atoms with Crippen LogP contribution in [0, 0.1) is 36.5 Å². The molecule has 0 aliphatic heterocycles. The molecule has 132 valence electrons. The maximum Gasteiger partial charge on any atom is 0.354 e. The van der Waals surface area contributed by atoms with Crippen molar-refractivity contribution in [1.29, 1.82) is 10.5 Å². The third kappa shape index (κ3) is 4.67. The number of hydrogen-bond donors (Lipinski definition) is 2. The van der Waals surface area contributed by atoms with Crippen molar-refractivity contribution in [1.82, 2.24) is 9.97 Å². The Morgan fingerprint density at radius 1 is 1.04 bits per heavy atom. The van der Waals surface area contributed by atoms with Crippen LogP contribution in [0.2, 0.25) is 10.2 Å². The zero-order valence-corrected chi connectivity index (χ0v) is 14.9. The quantitative estimate of drug-likeness (QED) is 0.739. The molecule has 2 rings (SSSR count). The number of nitriles is 2. The highest BCUT2D eigenvalue weighted by Crippen LogP contribution is 2.21. The van der Waals surface area contributed by atoms with Gasteiger partial charge in [-0.15, -0.1) is 0 Å². The fraction of sp³-hybridized carbons (Fsp3) is 0.125. The van der Waals surface area contributed by atoms with E-state index < -0.39 is 11.9 Å². The summed E-state index contributed by atoms with van der Waals surface area (Å²) in [6.45, 7) is 3.08. The number of aromatic carboxylic acids is 2. The standard InChI is InChI=1S/2C8H5ClN2O2/c1-4-6(9)5(2-10)3-11-7(4)8(12)13;1-4-2-5(3-10)7(9)11-6(4)8(12)13/h3H,1H3,(H,12,13);2H,1H3,(H,12,13). The molecule has 0 bridgehead atoms. The van der Waals surface area contributed by atoms with Crippen LogP contribution in [0.3, 0.4) is 0 Å². The lowest BCUT2D eigenvalue weighted by atomic mass is 10.1. The zero-order chi connectivity index (χ0) is 20.0. The number of halogens is 2. The first-order chi connectivity index (χ1) is 12.1. The molecule has 10 heteroatoms. The summed E-state index contributed by atoms with van der Waals surface area (Å²) in [5.74, 6) is -2.30. The first-order valence-electron chi connectivity index (χ1n) is 6.73. The van der Waals surface area contributed by atoms with E-state index in [1.165, 1.54) is 13.0 Å². The summed E-state index contributed by atoms with van der Waals surface area (Å²) >= 11 is 11.3. The third-order valence-corrected chi connectivity index (χ3v) is 3.83. The molecule has 0 amide bonds. The van der Waals surface area contributed by atoms with E-state index in [9.17, 15) is 9.59 Å². The van der Waals surface area contributed by atoms with Crippen LogP contribution in [0.4, 0.5) is 0 Å². The van der Waals surface area contributed by atoms with Gasteiger partial charge in [-0.1, -0.05) is 23.2 Å². The summed E-state index contributed by atoms with van der Waals surface area (Å²) in [5.41, 5.74) is 0.864. The number of aromatic nitrogens is 2. The molecule has 2 heterocycles. The van der Waals surface area contributed by atoms with Gasteiger partial charge in [0, 0.05) is 11.8 Å². The summed E-state index contributed by atoms with van der Waals surface area (Å²) < 4.78 is 0. The highest BCUT2D eigenvalue weighted by Gasteiger charge is 2.14. The lowest BCUT2D eigenvalue weighted by molar-refractivity contribution is 0.0679. The van der Waals surface area contributed by atoms with E-state index in [4.69, 9.17) is 43.9 Å². The maximum absolute atomic E-state index is 10.6. The molecule has 2 N–H and O–H groups in total. The van der Waals surface area contributed by atoms with Crippen LogP contribution in [-0.2, 0) is 0 Å². The zero-order valence-electron chi connectivity index (χ0n) is 13.4. The fourth-order valence-electron chi connectivity index (χ4n) is 1.77. The number of carboxylic acids is 2. The average molecular weight is 393 g/mol. The Labute approximate surface area is 157 Å². The SMILES string of the molecule is Cc1c(C(=O)O)ncc(C#N)c1Cl.Cc1cc(C#N)c(Cl)nc1C(=O)O. The van der Waals surface area contributed by atoms with Gasteiger partial charge in [-0.05, 0) is 25.5 Å². The number of hydrogen-bond acceptors (Lipinski definition) is 6. The predicted molar refractivity (Wildman–Crippen MR) is 91.3 cm³/mol. The van der Waals surface area contributed by atoms with Crippen molar-refractivity contribution in [3.8, 4) is 12.1 Å². The summed E-state index contributed by atoms with van der Waals surface area (Å²) in [4.78, 5) is 28.3. The molecule has 0 unspecified atom stereocenters. The number of carbonyl (C=O) groups is 2. The molecule has 0 aromatic carbocycles. The highest BCUT2D eigenvalue weighted by molar-refractivity contribution is 6.32. The van der Waals surface area contributed by atoms with E-state index in [0.29, 0.717) is 11.1 Å². The smallest absolute Gasteiger partial charge is 0.354 e. The van der Waals surface area contributed by atoms with Gasteiger partial charge in [0.25, 0.3) is 0 Å². The van der Waals surface area contributed by atoms with Crippen LogP contribution < -0.4 is 0 Å². The minimum absolute atomic E-state index is 0.0782. The van der Waals surface area contributed by atoms with Gasteiger partial charge in [0.05, 0.1) is 16.1 Å². The molecular formula is C16H10Cl2N4O4. The van der Waals surface area contributed by atoms with Crippen LogP contribution in [-0.4, -0.2) is 32.1 Å². The Hall–Kier alpha value is -3.20. The third-order valence-electron chi connectivity index (χ3n) is 3.06. The molecule has 2 aromatic heterocycles. The molecule has 26 heavy (non-hydrogen) atoms. The molecule has 0 saturated carbocycles. The molecule has 0 aliphatic rings. The average Bonchev–Trinajstić information content (AvgIpc) is 2.58. The Balaban J connectivity index is 0.000000260. The number of carboxylic acid groups (broad SMARTS) is 2. The van der Waals surface area contributed by atoms with E-state index >= 15 is 0 Å². The van der Waals surface area contributed by atoms with Crippen molar-refractivity contribution < 1.29 is 19.8 Å². The Kier molecular flexibility index (Phi) is 7.03. The van der Waals surface area contributed by atoms with Gasteiger partial charge in [-0.3, -0.25) is 0 Å². The van der Waals surface area contributed by atoms with Gasteiger partial charge in [-0.2, -0.15) is 10.5 Å². The largest absolute Gasteiger partial charge is 0.477 e. The van der Waals surface area contributed by atoms with Gasteiger partial charge in [0.2, 0.25) is 0 Å². The normalized spacial score (nSPS) is 9.31. The first kappa shape index (κ1) is 20.8. The van der Waals surface area contributed by atoms with E-state index in [2.05, 4.69) is 9.97 Å². The first-order valence-corrected chi connectivity index (χ1v) is 7.48. The van der Waals surface area contributed by atoms with Gasteiger partial charge in [-0.25, -0.2) is 19.6 Å². The highest BCUT2D eigenvalue weighted by atomic mass is 35.5. The predicted octanol–water partition coefficient (Wildman–Crippen LogP) is 3.23. The number of aryl methyl sites for hydroxylation is 1. The summed E-state index contributed by atoms with van der Waals surface area (Å²) in [6.07, 6.45) is 1.15. The number of pyridine rings is 2. The lowest BCUT2D eigenvalue weighted by Crippen LogP contribution is -2.04. The van der Waals surface area contributed by atoms with Crippen LogP contribution >= 0.6 is 23.2 Å². The molecule has 2 aromatic rings. The summed E-state index contributed by atoms with van der Waals surface area (Å²) in [7, 11) is 0. The van der Waals surface area contributed by atoms with Gasteiger partial charge < -0.3 is 10.2 Å². The lowest BCUT2D eigenvalue weighted by Gasteiger charge is -2.02. The van der Waals surface area contributed by atoms with E-state index in [1.807, 2.05) is 12.1 Å². The van der Waals surface area contributed by atoms with Gasteiger partial charge in [0.15, 0.2) is 11.4 Å². The number of nitrogens with zero attached hydrogens (tertiary/aromatic N) is 4. The molecule has 0 spiro atoms. The Morgan fingerprint density at radius 2 is 1.58 bits per heavy atom. The second-order valence-electron chi connectivity index (χ2n) is 4.79. The van der Waals surface area contributed by atoms with Crippen LogP contribution in [0.1, 0.15) is 43.2 Å². The Bertz CT molecular complexity index is 954. The fourth-order valence-corrected chi connectivity index (χ4v) is 2.13. The second kappa shape index (κ2) is 8.77. The van der Waals surface area contributed by atoms with Crippen molar-refractivity contribution in [3.05, 3.63) is 56.1 Å². The minimum Gasteiger partial charge on any atom is -0.477 e. The van der Waals surface area contributed by atoms with Gasteiger partial charge in [0.1, 0.15) is 17.3 Å². The molecular weight excluding hydrogens is 383 g/mol. The van der Waals surface area contributed by atoms with Crippen molar-refractivity contribution in [3.63, 3.8) is 0 Å². The second-order valence-corrected chi connectivity index (χ2v) is 5.52. The maximum atomic E-state index is 10.6. The van der Waals surface area contributed by atoms with Crippen LogP contribution in [0.15, 0.2) is 12.3 Å². The molecule has 0 aliphatic carbocycles. The molecule has 8 nitrogen and oxygen atoms in total. The van der Waals surface area contributed by atoms with E-state index in [0.717, 1.165) is 6.20 Å². The topological polar surface area (TPSA) is 148 Å². The molecule has 0 fully saturated rings. The van der Waals surface area contributed by atoms with Crippen molar-refractivity contribution >= 4 is 35.1 Å². The van der Waals surface area contributed by atoms with Crippen LogP contribution in [0.5, 0.6) is 0 Å². The molecule has 0 atom stereocenters. The summed E-state index contributed by atoms with van der Waals surface area (Å²) in [6, 6.07) is 5.03. The minimum atomic E-state index is -1.15.